The summed E-state index contributed by atoms with van der Waals surface area (Å²) in [5.74, 6) is -0.0234. The third-order valence-corrected chi connectivity index (χ3v) is 2.55. The fraction of sp³-hybridized carbons (Fsp3) is 0.429. The smallest absolute Gasteiger partial charge is 0.233 e. The van der Waals surface area contributed by atoms with Gasteiger partial charge < -0.3 is 15.4 Å². The molecular weight excluding hydrogens is 242 g/mol. The summed E-state index contributed by atoms with van der Waals surface area (Å²) in [7, 11) is 1.64. The lowest BCUT2D eigenvalue weighted by Gasteiger charge is -2.06. The molecule has 0 unspecified atom stereocenters. The monoisotopic (exact) mass is 261 g/mol. The van der Waals surface area contributed by atoms with Crippen molar-refractivity contribution in [2.45, 2.75) is 13.0 Å². The van der Waals surface area contributed by atoms with Crippen LogP contribution < -0.4 is 10.6 Å². The largest absolute Gasteiger partial charge is 0.385 e. The van der Waals surface area contributed by atoms with Gasteiger partial charge in [-0.25, -0.2) is 0 Å². The first-order chi connectivity index (χ1) is 9.26. The highest BCUT2D eigenvalue weighted by molar-refractivity contribution is 5.77. The molecule has 5 heteroatoms. The summed E-state index contributed by atoms with van der Waals surface area (Å²) >= 11 is 0. The van der Waals surface area contributed by atoms with E-state index in [1.165, 1.54) is 0 Å². The number of nitrogens with one attached hydrogen (secondary N) is 2. The van der Waals surface area contributed by atoms with Crippen LogP contribution in [-0.2, 0) is 16.1 Å². The van der Waals surface area contributed by atoms with Crippen LogP contribution in [0.3, 0.4) is 0 Å². The molecule has 0 heterocycles. The molecule has 0 radical (unpaired) electrons. The van der Waals surface area contributed by atoms with E-state index < -0.39 is 0 Å². The predicted molar refractivity (Wildman–Crippen MR) is 72.4 cm³/mol. The van der Waals surface area contributed by atoms with E-state index in [1.54, 1.807) is 19.2 Å². The van der Waals surface area contributed by atoms with Crippen LogP contribution in [0.5, 0.6) is 0 Å². The number of methoxy groups -OCH3 is 1. The predicted octanol–water partition coefficient (Wildman–Crippen LogP) is 0.801. The number of rotatable bonds is 8. The molecule has 0 saturated heterocycles. The van der Waals surface area contributed by atoms with Gasteiger partial charge in [-0.15, -0.1) is 0 Å². The molecule has 0 bridgehead atoms. The van der Waals surface area contributed by atoms with Crippen LogP contribution in [0.25, 0.3) is 0 Å². The number of ether oxygens (including phenoxy) is 1. The van der Waals surface area contributed by atoms with Crippen molar-refractivity contribution >= 4 is 5.91 Å². The second kappa shape index (κ2) is 9.09. The van der Waals surface area contributed by atoms with Gasteiger partial charge in [0.15, 0.2) is 0 Å². The highest BCUT2D eigenvalue weighted by Crippen LogP contribution is 2.02. The van der Waals surface area contributed by atoms with Crippen molar-refractivity contribution < 1.29 is 9.53 Å². The first kappa shape index (κ1) is 15.2. The zero-order valence-electron chi connectivity index (χ0n) is 11.1. The zero-order chi connectivity index (χ0) is 13.9. The Kier molecular flexibility index (Phi) is 7.25. The van der Waals surface area contributed by atoms with Crippen LogP contribution in [0.4, 0.5) is 0 Å². The number of carbonyl (C=O) groups is 1. The topological polar surface area (TPSA) is 74.2 Å². The van der Waals surface area contributed by atoms with E-state index in [9.17, 15) is 4.79 Å². The fourth-order valence-corrected chi connectivity index (χ4v) is 1.52. The Balaban J connectivity index is 2.15. The Bertz CT molecular complexity index is 423. The minimum absolute atomic E-state index is 0.0234. The molecule has 2 N–H and O–H groups in total. The summed E-state index contributed by atoms with van der Waals surface area (Å²) in [6.45, 7) is 2.17. The molecule has 0 spiro atoms. The Morgan fingerprint density at radius 1 is 1.37 bits per heavy atom. The van der Waals surface area contributed by atoms with Gasteiger partial charge >= 0.3 is 0 Å². The Labute approximate surface area is 113 Å². The molecule has 1 rings (SSSR count). The molecule has 5 nitrogen and oxygen atoms in total. The Hall–Kier alpha value is -1.90. The Morgan fingerprint density at radius 3 is 2.74 bits per heavy atom. The third kappa shape index (κ3) is 6.55. The van der Waals surface area contributed by atoms with E-state index in [1.807, 2.05) is 12.1 Å². The van der Waals surface area contributed by atoms with E-state index in [4.69, 9.17) is 10.00 Å². The van der Waals surface area contributed by atoms with Crippen LogP contribution in [0.15, 0.2) is 24.3 Å². The molecule has 0 atom stereocenters. The van der Waals surface area contributed by atoms with Crippen LogP contribution in [0.1, 0.15) is 17.5 Å². The van der Waals surface area contributed by atoms with Crippen molar-refractivity contribution in [1.29, 1.82) is 5.26 Å². The minimum atomic E-state index is -0.0234. The van der Waals surface area contributed by atoms with Crippen LogP contribution in [-0.4, -0.2) is 32.7 Å². The molecule has 1 amide bonds. The average Bonchev–Trinajstić information content (AvgIpc) is 2.44. The van der Waals surface area contributed by atoms with Crippen LogP contribution >= 0.6 is 0 Å². The minimum Gasteiger partial charge on any atom is -0.385 e. The number of hydrogen-bond acceptors (Lipinski definition) is 4. The number of carbonyl (C=O) groups excluding carboxylic acids is 1. The van der Waals surface area contributed by atoms with Gasteiger partial charge in [0.05, 0.1) is 18.2 Å². The molecule has 0 aromatic heterocycles. The maximum absolute atomic E-state index is 11.4. The molecule has 1 aromatic rings. The molecule has 102 valence electrons. The first-order valence-corrected chi connectivity index (χ1v) is 6.21. The quantitative estimate of drug-likeness (QED) is 0.679. The maximum Gasteiger partial charge on any atom is 0.233 e. The van der Waals surface area contributed by atoms with Crippen molar-refractivity contribution in [3.8, 4) is 6.07 Å². The molecule has 0 saturated carbocycles. The Morgan fingerprint density at radius 2 is 2.11 bits per heavy atom. The van der Waals surface area contributed by atoms with Crippen molar-refractivity contribution in [2.75, 3.05) is 26.8 Å². The van der Waals surface area contributed by atoms with Crippen LogP contribution in [0.2, 0.25) is 0 Å². The van der Waals surface area contributed by atoms with E-state index in [0.717, 1.165) is 12.0 Å². The van der Waals surface area contributed by atoms with Crippen molar-refractivity contribution in [3.05, 3.63) is 35.4 Å². The molecule has 0 aliphatic rings. The average molecular weight is 261 g/mol. The summed E-state index contributed by atoms with van der Waals surface area (Å²) in [6.07, 6.45) is 0.817. The molecule has 0 fully saturated rings. The molecular formula is C14H19N3O2. The lowest BCUT2D eigenvalue weighted by molar-refractivity contribution is -0.120. The van der Waals surface area contributed by atoms with Gasteiger partial charge in [-0.1, -0.05) is 12.1 Å². The number of benzene rings is 1. The lowest BCUT2D eigenvalue weighted by atomic mass is 10.1. The summed E-state index contributed by atoms with van der Waals surface area (Å²) in [5, 5.41) is 14.5. The number of nitriles is 1. The first-order valence-electron chi connectivity index (χ1n) is 6.21. The van der Waals surface area contributed by atoms with Crippen molar-refractivity contribution in [1.82, 2.24) is 10.6 Å². The van der Waals surface area contributed by atoms with Gasteiger partial charge in [0.25, 0.3) is 0 Å². The number of nitrogens with zero attached hydrogens (tertiary/aromatic N) is 1. The standard InChI is InChI=1S/C14H19N3O2/c1-19-8-2-7-17-14(18)11-16-10-13-5-3-12(9-15)4-6-13/h3-6,16H,2,7-8,10-11H2,1H3,(H,17,18). The van der Waals surface area contributed by atoms with Crippen molar-refractivity contribution in [2.24, 2.45) is 0 Å². The number of amides is 1. The highest BCUT2D eigenvalue weighted by atomic mass is 16.5. The summed E-state index contributed by atoms with van der Waals surface area (Å²) in [4.78, 5) is 11.4. The molecule has 0 aliphatic heterocycles. The summed E-state index contributed by atoms with van der Waals surface area (Å²) in [5.41, 5.74) is 1.69. The van der Waals surface area contributed by atoms with Crippen LogP contribution in [0, 0.1) is 11.3 Å². The van der Waals surface area contributed by atoms with Gasteiger partial charge in [0, 0.05) is 26.8 Å². The molecule has 19 heavy (non-hydrogen) atoms. The van der Waals surface area contributed by atoms with E-state index in [-0.39, 0.29) is 12.5 Å². The van der Waals surface area contributed by atoms with E-state index in [0.29, 0.717) is 25.3 Å². The van der Waals surface area contributed by atoms with Gasteiger partial charge in [-0.3, -0.25) is 4.79 Å². The van der Waals surface area contributed by atoms with E-state index >= 15 is 0 Å². The normalized spacial score (nSPS) is 9.89. The second-order valence-electron chi connectivity index (χ2n) is 4.11. The zero-order valence-corrected chi connectivity index (χ0v) is 11.1. The number of hydrogen-bond donors (Lipinski definition) is 2. The summed E-state index contributed by atoms with van der Waals surface area (Å²) in [6, 6.07) is 9.35. The van der Waals surface area contributed by atoms with Gasteiger partial charge in [0.2, 0.25) is 5.91 Å². The molecule has 1 aromatic carbocycles. The van der Waals surface area contributed by atoms with E-state index in [2.05, 4.69) is 16.7 Å². The maximum atomic E-state index is 11.4. The van der Waals surface area contributed by atoms with Gasteiger partial charge in [0.1, 0.15) is 0 Å². The lowest BCUT2D eigenvalue weighted by Crippen LogP contribution is -2.34. The van der Waals surface area contributed by atoms with Gasteiger partial charge in [-0.05, 0) is 24.1 Å². The van der Waals surface area contributed by atoms with Gasteiger partial charge in [-0.2, -0.15) is 5.26 Å². The fourth-order valence-electron chi connectivity index (χ4n) is 1.52. The van der Waals surface area contributed by atoms with Crippen molar-refractivity contribution in [3.63, 3.8) is 0 Å². The summed E-state index contributed by atoms with van der Waals surface area (Å²) < 4.78 is 4.89. The SMILES string of the molecule is COCCCNC(=O)CNCc1ccc(C#N)cc1. The highest BCUT2D eigenvalue weighted by Gasteiger charge is 2.00. The molecule has 0 aliphatic carbocycles. The second-order valence-corrected chi connectivity index (χ2v) is 4.11. The third-order valence-electron chi connectivity index (χ3n) is 2.55.